The monoisotopic (exact) mass is 323 g/mol. The Morgan fingerprint density at radius 1 is 1.00 bits per heavy atom. The van der Waals surface area contributed by atoms with E-state index in [9.17, 15) is 0 Å². The first kappa shape index (κ1) is 16.4. The second-order valence-corrected chi connectivity index (χ2v) is 5.95. The molecule has 3 rings (SSSR count). The van der Waals surface area contributed by atoms with Crippen LogP contribution in [-0.4, -0.2) is 32.7 Å². The number of guanidine groups is 1. The summed E-state index contributed by atoms with van der Waals surface area (Å²) in [6.07, 6.45) is 3.00. The molecule has 0 amide bonds. The molecule has 0 saturated carbocycles. The van der Waals surface area contributed by atoms with Crippen molar-refractivity contribution in [3.63, 3.8) is 0 Å². The largest absolute Gasteiger partial charge is 0.493 e. The topological polar surface area (TPSA) is 45.7 Å². The molecule has 4 heteroatoms. The van der Waals surface area contributed by atoms with Crippen molar-refractivity contribution < 1.29 is 4.74 Å². The van der Waals surface area contributed by atoms with Crippen LogP contribution >= 0.6 is 0 Å². The molecule has 2 aromatic rings. The summed E-state index contributed by atoms with van der Waals surface area (Å²) in [6.45, 7) is 2.56. The molecule has 0 fully saturated rings. The Kier molecular flexibility index (Phi) is 5.72. The van der Waals surface area contributed by atoms with Crippen LogP contribution in [0.25, 0.3) is 0 Å². The van der Waals surface area contributed by atoms with Gasteiger partial charge in [0.2, 0.25) is 0 Å². The molecule has 24 heavy (non-hydrogen) atoms. The van der Waals surface area contributed by atoms with E-state index in [0.29, 0.717) is 0 Å². The lowest BCUT2D eigenvalue weighted by atomic mass is 10.1. The Hall–Kier alpha value is -2.49. The van der Waals surface area contributed by atoms with E-state index in [2.05, 4.69) is 58.1 Å². The summed E-state index contributed by atoms with van der Waals surface area (Å²) in [5, 5.41) is 6.74. The maximum atomic E-state index is 5.55. The van der Waals surface area contributed by atoms with Crippen LogP contribution < -0.4 is 15.4 Å². The van der Waals surface area contributed by atoms with Crippen molar-refractivity contribution >= 4 is 5.96 Å². The molecule has 126 valence electrons. The second kappa shape index (κ2) is 8.39. The van der Waals surface area contributed by atoms with Crippen molar-refractivity contribution in [2.45, 2.75) is 19.3 Å². The van der Waals surface area contributed by atoms with Gasteiger partial charge >= 0.3 is 0 Å². The lowest BCUT2D eigenvalue weighted by molar-refractivity contribution is 0.357. The average molecular weight is 323 g/mol. The van der Waals surface area contributed by atoms with E-state index in [1.54, 1.807) is 0 Å². The predicted octanol–water partition coefficient (Wildman–Crippen LogP) is 2.57. The van der Waals surface area contributed by atoms with Gasteiger partial charge in [0.25, 0.3) is 0 Å². The number of nitrogens with zero attached hydrogens (tertiary/aromatic N) is 1. The zero-order chi connectivity index (χ0) is 16.6. The number of hydrogen-bond donors (Lipinski definition) is 2. The van der Waals surface area contributed by atoms with E-state index in [1.807, 2.05) is 13.1 Å². The summed E-state index contributed by atoms with van der Waals surface area (Å²) in [6, 6.07) is 17.0. The highest BCUT2D eigenvalue weighted by Crippen LogP contribution is 2.25. The van der Waals surface area contributed by atoms with E-state index in [0.717, 1.165) is 50.7 Å². The molecule has 4 nitrogen and oxygen atoms in total. The summed E-state index contributed by atoms with van der Waals surface area (Å²) < 4.78 is 5.55. The van der Waals surface area contributed by atoms with Crippen LogP contribution in [0.3, 0.4) is 0 Å². The van der Waals surface area contributed by atoms with Crippen LogP contribution in [0.5, 0.6) is 5.75 Å². The third kappa shape index (κ3) is 4.51. The number of nitrogens with one attached hydrogen (secondary N) is 2. The third-order valence-corrected chi connectivity index (χ3v) is 4.23. The summed E-state index contributed by atoms with van der Waals surface area (Å²) in [5.74, 6) is 1.90. The van der Waals surface area contributed by atoms with Gasteiger partial charge in [-0.15, -0.1) is 0 Å². The van der Waals surface area contributed by atoms with Gasteiger partial charge < -0.3 is 15.4 Å². The minimum atomic E-state index is 0.814. The molecule has 0 atom stereocenters. The molecule has 0 radical (unpaired) electrons. The van der Waals surface area contributed by atoms with Crippen molar-refractivity contribution in [3.05, 3.63) is 65.2 Å². The first-order chi connectivity index (χ1) is 11.8. The highest BCUT2D eigenvalue weighted by Gasteiger charge is 2.11. The Balaban J connectivity index is 1.40. The first-order valence-electron chi connectivity index (χ1n) is 8.58. The van der Waals surface area contributed by atoms with Gasteiger partial charge in [0, 0.05) is 26.6 Å². The molecule has 1 aliphatic heterocycles. The van der Waals surface area contributed by atoms with Crippen LogP contribution in [0.2, 0.25) is 0 Å². The molecule has 2 aromatic carbocycles. The molecule has 0 saturated heterocycles. The number of benzene rings is 2. The number of fused-ring (bicyclic) bond motifs is 1. The molecule has 1 aliphatic rings. The molecule has 0 aliphatic carbocycles. The van der Waals surface area contributed by atoms with Gasteiger partial charge in [-0.1, -0.05) is 42.5 Å². The molecule has 1 heterocycles. The van der Waals surface area contributed by atoms with Crippen molar-refractivity contribution in [2.24, 2.45) is 4.99 Å². The number of rotatable bonds is 6. The Morgan fingerprint density at radius 3 is 2.50 bits per heavy atom. The maximum absolute atomic E-state index is 5.55. The average Bonchev–Trinajstić information content (AvgIpc) is 3.09. The Bertz CT molecular complexity index is 683. The van der Waals surface area contributed by atoms with Crippen LogP contribution in [0, 0.1) is 0 Å². The molecular formula is C20H25N3O. The third-order valence-electron chi connectivity index (χ3n) is 4.23. The second-order valence-electron chi connectivity index (χ2n) is 5.95. The van der Waals surface area contributed by atoms with Crippen LogP contribution in [0.1, 0.15) is 16.7 Å². The number of hydrogen-bond acceptors (Lipinski definition) is 2. The van der Waals surface area contributed by atoms with E-state index in [1.165, 1.54) is 16.7 Å². The van der Waals surface area contributed by atoms with Gasteiger partial charge in [0.15, 0.2) is 5.96 Å². The highest BCUT2D eigenvalue weighted by atomic mass is 16.5. The van der Waals surface area contributed by atoms with Crippen molar-refractivity contribution in [1.29, 1.82) is 0 Å². The standard InChI is InChI=1S/C20H25N3O/c1-21-20(22-12-9-16-5-3-2-4-6-16)23-13-10-17-7-8-19-18(15-17)11-14-24-19/h2-8,15H,9-14H2,1H3,(H2,21,22,23). The smallest absolute Gasteiger partial charge is 0.190 e. The number of ether oxygens (including phenoxy) is 1. The quantitative estimate of drug-likeness (QED) is 0.634. The van der Waals surface area contributed by atoms with Gasteiger partial charge in [-0.3, -0.25) is 4.99 Å². The lowest BCUT2D eigenvalue weighted by Gasteiger charge is -2.12. The minimum absolute atomic E-state index is 0.814. The molecule has 0 spiro atoms. The molecular weight excluding hydrogens is 298 g/mol. The zero-order valence-corrected chi connectivity index (χ0v) is 14.2. The van der Waals surface area contributed by atoms with Gasteiger partial charge in [-0.25, -0.2) is 0 Å². The zero-order valence-electron chi connectivity index (χ0n) is 14.2. The van der Waals surface area contributed by atoms with Crippen molar-refractivity contribution in [1.82, 2.24) is 10.6 Å². The fraction of sp³-hybridized carbons (Fsp3) is 0.350. The molecule has 0 aromatic heterocycles. The van der Waals surface area contributed by atoms with E-state index >= 15 is 0 Å². The van der Waals surface area contributed by atoms with Crippen LogP contribution in [-0.2, 0) is 19.3 Å². The minimum Gasteiger partial charge on any atom is -0.493 e. The molecule has 0 unspecified atom stereocenters. The van der Waals surface area contributed by atoms with Gasteiger partial charge in [-0.2, -0.15) is 0 Å². The van der Waals surface area contributed by atoms with Gasteiger partial charge in [-0.05, 0) is 35.6 Å². The Labute approximate surface area is 144 Å². The van der Waals surface area contributed by atoms with Crippen molar-refractivity contribution in [3.8, 4) is 5.75 Å². The lowest BCUT2D eigenvalue weighted by Crippen LogP contribution is -2.39. The fourth-order valence-corrected chi connectivity index (χ4v) is 2.91. The maximum Gasteiger partial charge on any atom is 0.190 e. The Morgan fingerprint density at radius 2 is 1.75 bits per heavy atom. The van der Waals surface area contributed by atoms with Crippen molar-refractivity contribution in [2.75, 3.05) is 26.7 Å². The molecule has 0 bridgehead atoms. The fourth-order valence-electron chi connectivity index (χ4n) is 2.91. The van der Waals surface area contributed by atoms with Crippen LogP contribution in [0.15, 0.2) is 53.5 Å². The van der Waals surface area contributed by atoms with E-state index < -0.39 is 0 Å². The molecule has 2 N–H and O–H groups in total. The SMILES string of the molecule is CN=C(NCCc1ccccc1)NCCc1ccc2c(c1)CCO2. The predicted molar refractivity (Wildman–Crippen MR) is 98.9 cm³/mol. The van der Waals surface area contributed by atoms with Crippen LogP contribution in [0.4, 0.5) is 0 Å². The van der Waals surface area contributed by atoms with Gasteiger partial charge in [0.05, 0.1) is 6.61 Å². The number of aliphatic imine (C=N–C) groups is 1. The summed E-state index contributed by atoms with van der Waals surface area (Å²) >= 11 is 0. The normalized spacial score (nSPS) is 13.3. The van der Waals surface area contributed by atoms with Gasteiger partial charge in [0.1, 0.15) is 5.75 Å². The van der Waals surface area contributed by atoms with E-state index in [-0.39, 0.29) is 0 Å². The van der Waals surface area contributed by atoms with E-state index in [4.69, 9.17) is 4.74 Å². The summed E-state index contributed by atoms with van der Waals surface area (Å²) in [5.41, 5.74) is 4.00. The first-order valence-corrected chi connectivity index (χ1v) is 8.58. The summed E-state index contributed by atoms with van der Waals surface area (Å²) in [4.78, 5) is 4.28. The summed E-state index contributed by atoms with van der Waals surface area (Å²) in [7, 11) is 1.81. The highest BCUT2D eigenvalue weighted by molar-refractivity contribution is 5.79.